The van der Waals surface area contributed by atoms with Crippen LogP contribution in [0.25, 0.3) is 0 Å². The van der Waals surface area contributed by atoms with Crippen molar-refractivity contribution in [2.45, 2.75) is 25.3 Å². The molecule has 0 heterocycles. The average molecular weight is 273 g/mol. The molecule has 0 fully saturated rings. The minimum atomic E-state index is -3.91. The van der Waals surface area contributed by atoms with Gasteiger partial charge in [-0.3, -0.25) is 4.55 Å². The van der Waals surface area contributed by atoms with Crippen LogP contribution in [0.5, 0.6) is 0 Å². The second-order valence-electron chi connectivity index (χ2n) is 3.62. The van der Waals surface area contributed by atoms with Crippen LogP contribution in [-0.2, 0) is 10.1 Å². The Morgan fingerprint density at radius 2 is 1.56 bits per heavy atom. The normalized spacial score (nSPS) is 13.0. The lowest BCUT2D eigenvalue weighted by Crippen LogP contribution is -2.35. The SMILES string of the molecule is O=S(=O)(O)CCCCNCCC[Si](O)(O)O. The summed E-state index contributed by atoms with van der Waals surface area (Å²) in [4.78, 5) is 26.0. The molecule has 0 amide bonds. The van der Waals surface area contributed by atoms with Crippen molar-refractivity contribution in [3.63, 3.8) is 0 Å². The Hall–Kier alpha value is -0.0331. The van der Waals surface area contributed by atoms with Gasteiger partial charge < -0.3 is 19.7 Å². The molecule has 0 aromatic rings. The quantitative estimate of drug-likeness (QED) is 0.197. The minimum Gasteiger partial charge on any atom is -0.390 e. The smallest absolute Gasteiger partial charge is 0.390 e. The fourth-order valence-corrected chi connectivity index (χ4v) is 2.33. The highest BCUT2D eigenvalue weighted by atomic mass is 32.2. The van der Waals surface area contributed by atoms with Crippen LogP contribution < -0.4 is 5.32 Å². The summed E-state index contributed by atoms with van der Waals surface area (Å²) in [5, 5.41) is 2.96. The molecule has 0 aliphatic rings. The molecule has 5 N–H and O–H groups in total. The number of nitrogens with one attached hydrogen (secondary N) is 1. The maximum Gasteiger partial charge on any atom is 0.492 e. The molecule has 0 radical (unpaired) electrons. The predicted molar refractivity (Wildman–Crippen MR) is 60.4 cm³/mol. The molecule has 0 rings (SSSR count). The Morgan fingerprint density at radius 1 is 1.00 bits per heavy atom. The molecule has 0 aliphatic carbocycles. The van der Waals surface area contributed by atoms with Crippen LogP contribution in [0.3, 0.4) is 0 Å². The summed E-state index contributed by atoms with van der Waals surface area (Å²) in [5.41, 5.74) is 0. The van der Waals surface area contributed by atoms with Crippen LogP contribution in [0.2, 0.25) is 6.04 Å². The first kappa shape index (κ1) is 16.0. The first-order chi connectivity index (χ1) is 7.21. The van der Waals surface area contributed by atoms with E-state index in [0.29, 0.717) is 32.4 Å². The molecule has 0 aromatic carbocycles. The molecule has 0 saturated heterocycles. The van der Waals surface area contributed by atoms with E-state index in [-0.39, 0.29) is 11.8 Å². The Kier molecular flexibility index (Phi) is 7.31. The Morgan fingerprint density at radius 3 is 2.06 bits per heavy atom. The van der Waals surface area contributed by atoms with Crippen LogP contribution in [0, 0.1) is 0 Å². The van der Waals surface area contributed by atoms with Gasteiger partial charge in [0.1, 0.15) is 0 Å². The van der Waals surface area contributed by atoms with Crippen molar-refractivity contribution >= 4 is 18.9 Å². The summed E-state index contributed by atoms with van der Waals surface area (Å²) >= 11 is 0. The highest BCUT2D eigenvalue weighted by Gasteiger charge is 2.25. The zero-order valence-electron chi connectivity index (χ0n) is 8.96. The summed E-state index contributed by atoms with van der Waals surface area (Å²) in [6.45, 7) is 1.12. The number of hydrogen-bond donors (Lipinski definition) is 5. The highest BCUT2D eigenvalue weighted by Crippen LogP contribution is 1.99. The van der Waals surface area contributed by atoms with Gasteiger partial charge in [0.2, 0.25) is 0 Å². The van der Waals surface area contributed by atoms with Gasteiger partial charge in [0, 0.05) is 6.04 Å². The van der Waals surface area contributed by atoms with Gasteiger partial charge in [-0.15, -0.1) is 0 Å². The van der Waals surface area contributed by atoms with E-state index in [4.69, 9.17) is 18.9 Å². The number of unbranched alkanes of at least 4 members (excludes halogenated alkanes) is 1. The molecule has 0 aliphatic heterocycles. The van der Waals surface area contributed by atoms with Gasteiger partial charge in [0.15, 0.2) is 0 Å². The van der Waals surface area contributed by atoms with E-state index in [1.54, 1.807) is 0 Å². The van der Waals surface area contributed by atoms with Crippen LogP contribution >= 0.6 is 0 Å². The summed E-state index contributed by atoms with van der Waals surface area (Å²) in [7, 11) is -7.77. The second-order valence-corrected chi connectivity index (χ2v) is 7.24. The van der Waals surface area contributed by atoms with E-state index >= 15 is 0 Å². The largest absolute Gasteiger partial charge is 0.492 e. The third kappa shape index (κ3) is 14.0. The van der Waals surface area contributed by atoms with Gasteiger partial charge in [-0.2, -0.15) is 8.42 Å². The fraction of sp³-hybridized carbons (Fsp3) is 1.00. The van der Waals surface area contributed by atoms with E-state index in [1.165, 1.54) is 0 Å². The van der Waals surface area contributed by atoms with E-state index in [2.05, 4.69) is 5.32 Å². The summed E-state index contributed by atoms with van der Waals surface area (Å²) in [5.74, 6) is -0.241. The van der Waals surface area contributed by atoms with E-state index in [0.717, 1.165) is 0 Å². The van der Waals surface area contributed by atoms with Crippen molar-refractivity contribution in [1.29, 1.82) is 0 Å². The van der Waals surface area contributed by atoms with Crippen molar-refractivity contribution in [2.24, 2.45) is 0 Å². The van der Waals surface area contributed by atoms with Crippen molar-refractivity contribution < 1.29 is 27.4 Å². The average Bonchev–Trinajstić information content (AvgIpc) is 2.06. The molecule has 0 aromatic heterocycles. The number of hydrogen-bond acceptors (Lipinski definition) is 6. The zero-order chi connectivity index (χ0) is 12.7. The molecule has 0 saturated carbocycles. The number of rotatable bonds is 9. The van der Waals surface area contributed by atoms with Gasteiger partial charge >= 0.3 is 8.80 Å². The minimum absolute atomic E-state index is 0.00891. The molecule has 7 nitrogen and oxygen atoms in total. The van der Waals surface area contributed by atoms with Crippen LogP contribution in [-0.4, -0.2) is 55.0 Å². The molecule has 16 heavy (non-hydrogen) atoms. The maximum absolute atomic E-state index is 10.3. The van der Waals surface area contributed by atoms with Gasteiger partial charge in [-0.05, 0) is 32.4 Å². The molecule has 98 valence electrons. The molecule has 0 unspecified atom stereocenters. The predicted octanol–water partition coefficient (Wildman–Crippen LogP) is -1.45. The lowest BCUT2D eigenvalue weighted by Gasteiger charge is -2.09. The van der Waals surface area contributed by atoms with Crippen LogP contribution in [0.1, 0.15) is 19.3 Å². The van der Waals surface area contributed by atoms with Gasteiger partial charge in [0.05, 0.1) is 5.75 Å². The lowest BCUT2D eigenvalue weighted by molar-refractivity contribution is 0.226. The van der Waals surface area contributed by atoms with Crippen LogP contribution in [0.15, 0.2) is 0 Å². The summed E-state index contributed by atoms with van der Waals surface area (Å²) < 4.78 is 29.1. The van der Waals surface area contributed by atoms with Gasteiger partial charge in [0.25, 0.3) is 10.1 Å². The molecule has 0 bridgehead atoms. The first-order valence-corrected chi connectivity index (χ1v) is 8.69. The summed E-state index contributed by atoms with van der Waals surface area (Å²) in [6, 6.07) is -0.00891. The first-order valence-electron chi connectivity index (χ1n) is 5.04. The van der Waals surface area contributed by atoms with Crippen molar-refractivity contribution in [2.75, 3.05) is 18.8 Å². The molecule has 0 spiro atoms. The molecular formula is C7H19NO6SSi. The standard InChI is InChI=1S/C7H19NO6SSi/c9-15(10,11)6-2-1-4-8-5-3-7-16(12,13)14/h8,12-14H,1-7H2,(H,9,10,11). The molecular weight excluding hydrogens is 254 g/mol. The molecule has 9 heteroatoms. The molecule has 0 atom stereocenters. The highest BCUT2D eigenvalue weighted by molar-refractivity contribution is 7.85. The van der Waals surface area contributed by atoms with Gasteiger partial charge in [-0.25, -0.2) is 0 Å². The van der Waals surface area contributed by atoms with Gasteiger partial charge in [-0.1, -0.05) is 0 Å². The van der Waals surface area contributed by atoms with E-state index < -0.39 is 18.9 Å². The maximum atomic E-state index is 10.3. The Labute approximate surface area is 96.2 Å². The monoisotopic (exact) mass is 273 g/mol. The Bertz CT molecular complexity index is 275. The third-order valence-corrected chi connectivity index (χ3v) is 3.70. The third-order valence-electron chi connectivity index (χ3n) is 1.87. The lowest BCUT2D eigenvalue weighted by atomic mass is 10.3. The topological polar surface area (TPSA) is 127 Å². The zero-order valence-corrected chi connectivity index (χ0v) is 10.8. The van der Waals surface area contributed by atoms with E-state index in [1.807, 2.05) is 0 Å². The van der Waals surface area contributed by atoms with Crippen molar-refractivity contribution in [3.8, 4) is 0 Å². The second kappa shape index (κ2) is 7.32. The van der Waals surface area contributed by atoms with Crippen molar-refractivity contribution in [3.05, 3.63) is 0 Å². The van der Waals surface area contributed by atoms with E-state index in [9.17, 15) is 8.42 Å². The van der Waals surface area contributed by atoms with Crippen molar-refractivity contribution in [1.82, 2.24) is 5.32 Å². The fourth-order valence-electron chi connectivity index (χ4n) is 1.11. The van der Waals surface area contributed by atoms with Crippen LogP contribution in [0.4, 0.5) is 0 Å². The summed E-state index contributed by atoms with van der Waals surface area (Å²) in [6.07, 6.45) is 1.44. The Balaban J connectivity index is 3.23.